The van der Waals surface area contributed by atoms with Gasteiger partial charge in [0.1, 0.15) is 0 Å². The third kappa shape index (κ3) is 7.17. The Labute approximate surface area is 102 Å². The molecule has 0 spiro atoms. The number of halogens is 1. The smallest absolute Gasteiger partial charge is 1.00 e. The molecule has 0 aromatic heterocycles. The van der Waals surface area contributed by atoms with Crippen LogP contribution < -0.4 is 17.1 Å². The zero-order valence-corrected chi connectivity index (χ0v) is 10.1. The number of hydrogen-bond acceptors (Lipinski definition) is 1. The van der Waals surface area contributed by atoms with Gasteiger partial charge in [-0.05, 0) is 6.42 Å². The zero-order valence-electron chi connectivity index (χ0n) is 7.92. The van der Waals surface area contributed by atoms with E-state index in [1.165, 1.54) is 6.42 Å². The molecule has 0 bridgehead atoms. The molecule has 0 N–H and O–H groups in total. The normalized spacial score (nSPS) is 8.08. The molecule has 1 rings (SSSR count). The first kappa shape index (κ1) is 15.5. The maximum atomic E-state index is 5.43. The van der Waals surface area contributed by atoms with Crippen molar-refractivity contribution in [3.05, 3.63) is 30.3 Å². The van der Waals surface area contributed by atoms with Gasteiger partial charge in [-0.1, -0.05) is 13.3 Å². The van der Waals surface area contributed by atoms with E-state index >= 15 is 0 Å². The van der Waals surface area contributed by atoms with Gasteiger partial charge in [0.15, 0.2) is 0 Å². The van der Waals surface area contributed by atoms with Crippen molar-refractivity contribution in [2.45, 2.75) is 19.8 Å². The van der Waals surface area contributed by atoms with E-state index in [1.807, 2.05) is 24.3 Å². The zero-order chi connectivity index (χ0) is 7.94. The summed E-state index contributed by atoms with van der Waals surface area (Å²) in [5.74, 6) is 0.942. The van der Waals surface area contributed by atoms with Gasteiger partial charge in [-0.3, -0.25) is 0 Å². The van der Waals surface area contributed by atoms with Gasteiger partial charge in [0.2, 0.25) is 0 Å². The van der Waals surface area contributed by atoms with E-state index in [4.69, 9.17) is 4.74 Å². The number of ether oxygens (including phenoxy) is 1. The maximum Gasteiger partial charge on any atom is 2.00 e. The summed E-state index contributed by atoms with van der Waals surface area (Å²) in [6.45, 7) is 2.97. The summed E-state index contributed by atoms with van der Waals surface area (Å²) < 4.78 is 5.43. The first-order chi connectivity index (χ1) is 5.43. The molecule has 0 amide bonds. The molecule has 0 saturated heterocycles. The molecule has 1 aromatic carbocycles. The fourth-order valence-electron chi connectivity index (χ4n) is 0.802. The Balaban J connectivity index is 0. The minimum atomic E-state index is 0. The van der Waals surface area contributed by atoms with Crippen molar-refractivity contribution < 1.29 is 17.1 Å². The molecule has 0 heterocycles. The Morgan fingerprint density at radius 1 is 1.31 bits per heavy atom. The fourth-order valence-corrected chi connectivity index (χ4v) is 0.802. The molecule has 0 aliphatic rings. The van der Waals surface area contributed by atoms with E-state index in [2.05, 4.69) is 13.0 Å². The SMILES string of the molecule is CCCCOc1cc[c-]cc1.[Cl-].[Mg+2]. The minimum absolute atomic E-state index is 0. The number of unbranched alkanes of at least 4 members (excludes halogenated alkanes) is 1. The Kier molecular flexibility index (Phi) is 12.1. The molecular formula is C10H13ClMgO. The molecule has 0 unspecified atom stereocenters. The standard InChI is InChI=1S/C10H13O.ClH.Mg/c1-2-3-9-11-10-7-5-4-6-8-10;;/h5-8H,2-3,9H2,1H3;1H;/q-1;;+2/p-1. The number of hydrogen-bond donors (Lipinski definition) is 0. The van der Waals surface area contributed by atoms with Crippen LogP contribution in [0.15, 0.2) is 24.3 Å². The largest absolute Gasteiger partial charge is 2.00 e. The number of rotatable bonds is 4. The van der Waals surface area contributed by atoms with Crippen LogP contribution in [0.25, 0.3) is 0 Å². The predicted molar refractivity (Wildman–Crippen MR) is 51.4 cm³/mol. The second-order valence-electron chi connectivity index (χ2n) is 2.44. The fraction of sp³-hybridized carbons (Fsp3) is 0.400. The van der Waals surface area contributed by atoms with Gasteiger partial charge in [-0.15, -0.1) is 12.1 Å². The van der Waals surface area contributed by atoms with E-state index < -0.39 is 0 Å². The van der Waals surface area contributed by atoms with Crippen molar-refractivity contribution >= 4 is 23.1 Å². The molecule has 0 radical (unpaired) electrons. The summed E-state index contributed by atoms with van der Waals surface area (Å²) >= 11 is 0. The van der Waals surface area contributed by atoms with Crippen LogP contribution in [0.1, 0.15) is 19.8 Å². The topological polar surface area (TPSA) is 9.23 Å². The van der Waals surface area contributed by atoms with Crippen LogP contribution >= 0.6 is 0 Å². The summed E-state index contributed by atoms with van der Waals surface area (Å²) in [5, 5.41) is 0. The summed E-state index contributed by atoms with van der Waals surface area (Å²) in [5.41, 5.74) is 0. The van der Waals surface area contributed by atoms with Gasteiger partial charge >= 0.3 is 23.1 Å². The molecule has 1 aromatic rings. The van der Waals surface area contributed by atoms with Gasteiger partial charge in [0.05, 0.1) is 6.61 Å². The van der Waals surface area contributed by atoms with E-state index in [0.29, 0.717) is 0 Å². The summed E-state index contributed by atoms with van der Waals surface area (Å²) in [7, 11) is 0. The van der Waals surface area contributed by atoms with Crippen molar-refractivity contribution in [1.29, 1.82) is 0 Å². The quantitative estimate of drug-likeness (QED) is 0.361. The molecular weight excluding hydrogens is 196 g/mol. The van der Waals surface area contributed by atoms with Crippen molar-refractivity contribution in [2.75, 3.05) is 6.61 Å². The Hall–Kier alpha value is 0.0762. The Bertz CT molecular complexity index is 191. The van der Waals surface area contributed by atoms with Gasteiger partial charge in [-0.2, -0.15) is 18.2 Å². The average molecular weight is 209 g/mol. The van der Waals surface area contributed by atoms with Crippen LogP contribution in [0.2, 0.25) is 0 Å². The van der Waals surface area contributed by atoms with Crippen molar-refractivity contribution in [3.63, 3.8) is 0 Å². The van der Waals surface area contributed by atoms with Crippen LogP contribution in [0.5, 0.6) is 5.75 Å². The first-order valence-electron chi connectivity index (χ1n) is 4.02. The molecule has 0 atom stereocenters. The van der Waals surface area contributed by atoms with Gasteiger partial charge in [-0.25, -0.2) is 0 Å². The van der Waals surface area contributed by atoms with E-state index in [-0.39, 0.29) is 35.5 Å². The summed E-state index contributed by atoms with van der Waals surface area (Å²) in [6.07, 6.45) is 2.30. The Morgan fingerprint density at radius 3 is 2.46 bits per heavy atom. The molecule has 0 fully saturated rings. The van der Waals surface area contributed by atoms with Gasteiger partial charge in [0, 0.05) is 5.75 Å². The molecule has 0 aliphatic heterocycles. The number of benzene rings is 1. The Morgan fingerprint density at radius 2 is 1.92 bits per heavy atom. The second kappa shape index (κ2) is 10.2. The molecule has 13 heavy (non-hydrogen) atoms. The van der Waals surface area contributed by atoms with Crippen molar-refractivity contribution in [3.8, 4) is 5.75 Å². The third-order valence-electron chi connectivity index (χ3n) is 1.45. The molecule has 68 valence electrons. The molecule has 0 aliphatic carbocycles. The first-order valence-corrected chi connectivity index (χ1v) is 4.02. The minimum Gasteiger partial charge on any atom is -1.00 e. The molecule has 0 saturated carbocycles. The van der Waals surface area contributed by atoms with Gasteiger partial charge < -0.3 is 17.1 Å². The van der Waals surface area contributed by atoms with E-state index in [9.17, 15) is 0 Å². The van der Waals surface area contributed by atoms with Gasteiger partial charge in [0.25, 0.3) is 0 Å². The average Bonchev–Trinajstić information content (AvgIpc) is 2.07. The van der Waals surface area contributed by atoms with Crippen LogP contribution in [0, 0.1) is 6.07 Å². The molecule has 3 heteroatoms. The van der Waals surface area contributed by atoms with Crippen LogP contribution in [-0.4, -0.2) is 29.7 Å². The maximum absolute atomic E-state index is 5.43. The molecule has 1 nitrogen and oxygen atoms in total. The van der Waals surface area contributed by atoms with E-state index in [0.717, 1.165) is 18.8 Å². The summed E-state index contributed by atoms with van der Waals surface area (Å²) in [4.78, 5) is 0. The van der Waals surface area contributed by atoms with E-state index in [1.54, 1.807) is 0 Å². The second-order valence-corrected chi connectivity index (χ2v) is 2.44. The van der Waals surface area contributed by atoms with Crippen molar-refractivity contribution in [2.24, 2.45) is 0 Å². The van der Waals surface area contributed by atoms with Crippen LogP contribution in [-0.2, 0) is 0 Å². The van der Waals surface area contributed by atoms with Crippen molar-refractivity contribution in [1.82, 2.24) is 0 Å². The monoisotopic (exact) mass is 208 g/mol. The van der Waals surface area contributed by atoms with Crippen LogP contribution in [0.4, 0.5) is 0 Å². The third-order valence-corrected chi connectivity index (χ3v) is 1.45. The van der Waals surface area contributed by atoms with Crippen LogP contribution in [0.3, 0.4) is 0 Å². The summed E-state index contributed by atoms with van der Waals surface area (Å²) in [6, 6.07) is 10.5. The predicted octanol–water partition coefficient (Wildman–Crippen LogP) is -0.711.